The molecule has 0 aromatic heterocycles. The first-order valence-electron chi connectivity index (χ1n) is 6.10. The van der Waals surface area contributed by atoms with Crippen LogP contribution in [-0.2, 0) is 0 Å². The average Bonchev–Trinajstić information content (AvgIpc) is 2.37. The van der Waals surface area contributed by atoms with E-state index < -0.39 is 0 Å². The molecule has 0 radical (unpaired) electrons. The van der Waals surface area contributed by atoms with Crippen molar-refractivity contribution in [2.24, 2.45) is 0 Å². The number of rotatable bonds is 6. The van der Waals surface area contributed by atoms with Crippen LogP contribution in [0.2, 0.25) is 0 Å². The quantitative estimate of drug-likeness (QED) is 0.841. The molecule has 0 saturated heterocycles. The molecule has 2 nitrogen and oxygen atoms in total. The van der Waals surface area contributed by atoms with E-state index in [0.29, 0.717) is 6.04 Å². The Morgan fingerprint density at radius 1 is 1.35 bits per heavy atom. The second-order valence-electron chi connectivity index (χ2n) is 4.40. The lowest BCUT2D eigenvalue weighted by Crippen LogP contribution is -2.31. The van der Waals surface area contributed by atoms with Crippen LogP contribution in [0.25, 0.3) is 0 Å². The molecule has 2 unspecified atom stereocenters. The van der Waals surface area contributed by atoms with Gasteiger partial charge in [-0.1, -0.05) is 25.1 Å². The fourth-order valence-corrected chi connectivity index (χ4v) is 2.61. The van der Waals surface area contributed by atoms with Gasteiger partial charge in [0.15, 0.2) is 0 Å². The van der Waals surface area contributed by atoms with E-state index in [0.717, 1.165) is 23.4 Å². The summed E-state index contributed by atoms with van der Waals surface area (Å²) in [6.07, 6.45) is 2.51. The third-order valence-electron chi connectivity index (χ3n) is 3.13. The molecule has 1 aromatic rings. The highest BCUT2D eigenvalue weighted by Crippen LogP contribution is 2.28. The van der Waals surface area contributed by atoms with Crippen LogP contribution >= 0.6 is 11.8 Å². The van der Waals surface area contributed by atoms with Crippen molar-refractivity contribution < 1.29 is 5.11 Å². The Morgan fingerprint density at radius 2 is 2.00 bits per heavy atom. The Hall–Kier alpha value is -0.670. The molecule has 2 atom stereocenters. The lowest BCUT2D eigenvalue weighted by atomic mass is 10.0. The minimum atomic E-state index is -0.366. The molecule has 0 heterocycles. The van der Waals surface area contributed by atoms with E-state index in [9.17, 15) is 5.11 Å². The van der Waals surface area contributed by atoms with Gasteiger partial charge in [0.2, 0.25) is 0 Å². The second kappa shape index (κ2) is 6.92. The van der Waals surface area contributed by atoms with E-state index in [1.165, 1.54) is 0 Å². The summed E-state index contributed by atoms with van der Waals surface area (Å²) >= 11 is 1.85. The van der Waals surface area contributed by atoms with Gasteiger partial charge in [0.05, 0.1) is 6.10 Å². The third kappa shape index (κ3) is 3.65. The number of hydrogen-bond donors (Lipinski definition) is 1. The summed E-state index contributed by atoms with van der Waals surface area (Å²) in [5.41, 5.74) is 2.17. The Labute approximate surface area is 109 Å². The maximum absolute atomic E-state index is 10.0. The molecule has 1 rings (SSSR count). The number of aliphatic hydroxyl groups is 1. The molecule has 1 N–H and O–H groups in total. The second-order valence-corrected chi connectivity index (χ2v) is 5.31. The number of nitrogens with zero attached hydrogens (tertiary/aromatic N) is 1. The molecule has 0 saturated carbocycles. The molecule has 0 amide bonds. The molecule has 0 spiro atoms. The number of para-hydroxylation sites is 1. The van der Waals surface area contributed by atoms with E-state index in [1.54, 1.807) is 0 Å². The van der Waals surface area contributed by atoms with Gasteiger partial charge in [-0.3, -0.25) is 0 Å². The summed E-state index contributed by atoms with van der Waals surface area (Å²) in [7, 11) is 2.10. The summed E-state index contributed by atoms with van der Waals surface area (Å²) in [6.45, 7) is 4.22. The van der Waals surface area contributed by atoms with Crippen molar-refractivity contribution in [1.82, 2.24) is 0 Å². The SMILES string of the molecule is CCC(O)c1ccccc1N(C)C(C)CSC. The Bertz CT molecular complexity index is 343. The van der Waals surface area contributed by atoms with Gasteiger partial charge in [-0.15, -0.1) is 0 Å². The van der Waals surface area contributed by atoms with E-state index in [4.69, 9.17) is 0 Å². The maximum atomic E-state index is 10.0. The zero-order valence-corrected chi connectivity index (χ0v) is 12.0. The largest absolute Gasteiger partial charge is 0.388 e. The summed E-state index contributed by atoms with van der Waals surface area (Å²) in [5.74, 6) is 1.09. The Balaban J connectivity index is 2.96. The van der Waals surface area contributed by atoms with Crippen molar-refractivity contribution in [2.45, 2.75) is 32.4 Å². The first-order chi connectivity index (χ1) is 8.11. The minimum absolute atomic E-state index is 0.366. The molecule has 0 fully saturated rings. The lowest BCUT2D eigenvalue weighted by molar-refractivity contribution is 0.174. The van der Waals surface area contributed by atoms with E-state index >= 15 is 0 Å². The van der Waals surface area contributed by atoms with Crippen LogP contribution < -0.4 is 4.90 Å². The van der Waals surface area contributed by atoms with Crippen molar-refractivity contribution in [3.63, 3.8) is 0 Å². The van der Waals surface area contributed by atoms with Crippen LogP contribution in [0.5, 0.6) is 0 Å². The van der Waals surface area contributed by atoms with E-state index in [-0.39, 0.29) is 6.10 Å². The smallest absolute Gasteiger partial charge is 0.0807 e. The van der Waals surface area contributed by atoms with E-state index in [1.807, 2.05) is 36.9 Å². The first-order valence-corrected chi connectivity index (χ1v) is 7.49. The molecule has 0 aliphatic carbocycles. The van der Waals surface area contributed by atoms with Gasteiger partial charge in [-0.05, 0) is 25.7 Å². The van der Waals surface area contributed by atoms with Crippen molar-refractivity contribution >= 4 is 17.4 Å². The topological polar surface area (TPSA) is 23.5 Å². The van der Waals surface area contributed by atoms with Crippen molar-refractivity contribution in [2.75, 3.05) is 24.0 Å². The maximum Gasteiger partial charge on any atom is 0.0807 e. The van der Waals surface area contributed by atoms with Crippen LogP contribution in [0, 0.1) is 0 Å². The van der Waals surface area contributed by atoms with Gasteiger partial charge in [0.25, 0.3) is 0 Å². The van der Waals surface area contributed by atoms with Crippen molar-refractivity contribution in [3.05, 3.63) is 29.8 Å². The zero-order valence-electron chi connectivity index (χ0n) is 11.2. The van der Waals surface area contributed by atoms with Gasteiger partial charge >= 0.3 is 0 Å². The molecule has 3 heteroatoms. The number of hydrogen-bond acceptors (Lipinski definition) is 3. The van der Waals surface area contributed by atoms with E-state index in [2.05, 4.69) is 31.2 Å². The first kappa shape index (κ1) is 14.4. The number of aliphatic hydroxyl groups excluding tert-OH is 1. The van der Waals surface area contributed by atoms with Crippen LogP contribution in [-0.4, -0.2) is 30.2 Å². The highest BCUT2D eigenvalue weighted by atomic mass is 32.2. The Morgan fingerprint density at radius 3 is 2.59 bits per heavy atom. The summed E-state index contributed by atoms with van der Waals surface area (Å²) in [6, 6.07) is 8.60. The van der Waals surface area contributed by atoms with Crippen LogP contribution in [0.4, 0.5) is 5.69 Å². The molecule has 1 aromatic carbocycles. The predicted molar refractivity (Wildman–Crippen MR) is 77.9 cm³/mol. The summed E-state index contributed by atoms with van der Waals surface area (Å²) in [5, 5.41) is 10.0. The monoisotopic (exact) mass is 253 g/mol. The summed E-state index contributed by atoms with van der Waals surface area (Å²) < 4.78 is 0. The van der Waals surface area contributed by atoms with Gasteiger partial charge in [0, 0.05) is 30.1 Å². The van der Waals surface area contributed by atoms with Gasteiger partial charge in [0.1, 0.15) is 0 Å². The molecular formula is C14H23NOS. The lowest BCUT2D eigenvalue weighted by Gasteiger charge is -2.29. The molecule has 17 heavy (non-hydrogen) atoms. The average molecular weight is 253 g/mol. The highest BCUT2D eigenvalue weighted by Gasteiger charge is 2.16. The molecule has 0 bridgehead atoms. The van der Waals surface area contributed by atoms with Crippen LogP contribution in [0.15, 0.2) is 24.3 Å². The molecule has 0 aliphatic rings. The van der Waals surface area contributed by atoms with Crippen molar-refractivity contribution in [1.29, 1.82) is 0 Å². The summed E-state index contributed by atoms with van der Waals surface area (Å²) in [4.78, 5) is 2.25. The zero-order chi connectivity index (χ0) is 12.8. The number of anilines is 1. The number of benzene rings is 1. The molecule has 0 aliphatic heterocycles. The van der Waals surface area contributed by atoms with Gasteiger partial charge in [-0.2, -0.15) is 11.8 Å². The fourth-order valence-electron chi connectivity index (χ4n) is 1.90. The molecule has 96 valence electrons. The highest BCUT2D eigenvalue weighted by molar-refractivity contribution is 7.98. The predicted octanol–water partition coefficient (Wildman–Crippen LogP) is 3.32. The van der Waals surface area contributed by atoms with Gasteiger partial charge in [-0.25, -0.2) is 0 Å². The minimum Gasteiger partial charge on any atom is -0.388 e. The van der Waals surface area contributed by atoms with Crippen LogP contribution in [0.3, 0.4) is 0 Å². The molecular weight excluding hydrogens is 230 g/mol. The van der Waals surface area contributed by atoms with Crippen molar-refractivity contribution in [3.8, 4) is 0 Å². The standard InChI is InChI=1S/C14H23NOS/c1-5-14(16)12-8-6-7-9-13(12)15(3)11(2)10-17-4/h6-9,11,14,16H,5,10H2,1-4H3. The normalized spacial score (nSPS) is 14.4. The van der Waals surface area contributed by atoms with Crippen LogP contribution in [0.1, 0.15) is 31.9 Å². The van der Waals surface area contributed by atoms with Gasteiger partial charge < -0.3 is 10.0 Å². The number of thioether (sulfide) groups is 1. The fraction of sp³-hybridized carbons (Fsp3) is 0.571. The Kier molecular flexibility index (Phi) is 5.86. The third-order valence-corrected chi connectivity index (χ3v) is 3.95.